The maximum Gasteiger partial charge on any atom is 0.140 e. The highest BCUT2D eigenvalue weighted by molar-refractivity contribution is 5.05. The van der Waals surface area contributed by atoms with Crippen LogP contribution in [-0.2, 0) is 12.6 Å². The molecule has 0 radical (unpaired) electrons. The number of imidazole rings is 1. The molecule has 1 aliphatic rings. The van der Waals surface area contributed by atoms with Gasteiger partial charge in [-0.25, -0.2) is 4.98 Å². The molecule has 1 N–H and O–H groups in total. The highest BCUT2D eigenvalue weighted by Crippen LogP contribution is 2.38. The minimum Gasteiger partial charge on any atom is -0.382 e. The molecule has 0 amide bonds. The van der Waals surface area contributed by atoms with Gasteiger partial charge in [-0.2, -0.15) is 0 Å². The largest absolute Gasteiger partial charge is 0.382 e. The predicted octanol–water partition coefficient (Wildman–Crippen LogP) is 2.99. The van der Waals surface area contributed by atoms with Crippen LogP contribution in [0, 0.1) is 5.92 Å². The summed E-state index contributed by atoms with van der Waals surface area (Å²) in [6.45, 7) is 2.25. The van der Waals surface area contributed by atoms with Crippen LogP contribution in [0.15, 0.2) is 12.4 Å². The lowest BCUT2D eigenvalue weighted by atomic mass is 9.91. The van der Waals surface area contributed by atoms with Gasteiger partial charge in [-0.1, -0.05) is 26.2 Å². The second-order valence-electron chi connectivity index (χ2n) is 5.48. The Morgan fingerprint density at radius 2 is 2.29 bits per heavy atom. The Bertz CT molecular complexity index is 361. The Labute approximate surface area is 104 Å². The fourth-order valence-electron chi connectivity index (χ4n) is 3.13. The third kappa shape index (κ3) is 2.71. The molecule has 3 heteroatoms. The van der Waals surface area contributed by atoms with Crippen LogP contribution in [0.1, 0.15) is 57.7 Å². The van der Waals surface area contributed by atoms with Gasteiger partial charge in [-0.3, -0.25) is 0 Å². The van der Waals surface area contributed by atoms with E-state index >= 15 is 0 Å². The van der Waals surface area contributed by atoms with Crippen LogP contribution in [0.2, 0.25) is 0 Å². The number of aryl methyl sites for hydroxylation is 1. The third-order valence-corrected chi connectivity index (χ3v) is 4.10. The number of hydrogen-bond donors (Lipinski definition) is 1. The van der Waals surface area contributed by atoms with E-state index in [1.807, 2.05) is 17.8 Å². The molecular formula is C14H24N2O. The number of rotatable bonds is 3. The van der Waals surface area contributed by atoms with Crippen LogP contribution in [-0.4, -0.2) is 14.7 Å². The maximum atomic E-state index is 10.8. The summed E-state index contributed by atoms with van der Waals surface area (Å²) < 4.78 is 1.96. The van der Waals surface area contributed by atoms with E-state index in [2.05, 4.69) is 11.9 Å². The number of aromatic nitrogens is 2. The summed E-state index contributed by atoms with van der Waals surface area (Å²) in [6, 6.07) is 0. The highest BCUT2D eigenvalue weighted by atomic mass is 16.3. The van der Waals surface area contributed by atoms with Crippen LogP contribution in [0.5, 0.6) is 0 Å². The van der Waals surface area contributed by atoms with Gasteiger partial charge >= 0.3 is 0 Å². The van der Waals surface area contributed by atoms with Crippen molar-refractivity contribution in [1.82, 2.24) is 9.55 Å². The minimum atomic E-state index is -0.694. The molecule has 1 aromatic rings. The zero-order valence-electron chi connectivity index (χ0n) is 11.0. The molecule has 0 bridgehead atoms. The first-order valence-electron chi connectivity index (χ1n) is 6.86. The first-order valence-corrected chi connectivity index (χ1v) is 6.86. The molecule has 1 aromatic heterocycles. The van der Waals surface area contributed by atoms with Crippen molar-refractivity contribution < 1.29 is 5.11 Å². The molecule has 0 aliphatic heterocycles. The molecule has 2 rings (SSSR count). The predicted molar refractivity (Wildman–Crippen MR) is 68.6 cm³/mol. The molecule has 2 unspecified atom stereocenters. The lowest BCUT2D eigenvalue weighted by Gasteiger charge is -2.26. The molecule has 3 nitrogen and oxygen atoms in total. The summed E-state index contributed by atoms with van der Waals surface area (Å²) in [7, 11) is 1.97. The van der Waals surface area contributed by atoms with Crippen molar-refractivity contribution in [3.05, 3.63) is 18.2 Å². The second-order valence-corrected chi connectivity index (χ2v) is 5.48. The lowest BCUT2D eigenvalue weighted by molar-refractivity contribution is 0.00823. The van der Waals surface area contributed by atoms with Gasteiger partial charge in [0.05, 0.1) is 0 Å². The van der Waals surface area contributed by atoms with Crippen LogP contribution in [0.4, 0.5) is 0 Å². The molecule has 1 aliphatic carbocycles. The molecular weight excluding hydrogens is 212 g/mol. The van der Waals surface area contributed by atoms with E-state index in [0.29, 0.717) is 0 Å². The van der Waals surface area contributed by atoms with Gasteiger partial charge in [0.1, 0.15) is 11.4 Å². The quantitative estimate of drug-likeness (QED) is 0.819. The van der Waals surface area contributed by atoms with Crippen LogP contribution < -0.4 is 0 Å². The summed E-state index contributed by atoms with van der Waals surface area (Å²) in [5.41, 5.74) is -0.694. The second kappa shape index (κ2) is 5.21. The number of hydrogen-bond acceptors (Lipinski definition) is 2. The van der Waals surface area contributed by atoms with Crippen LogP contribution in [0.3, 0.4) is 0 Å². The van der Waals surface area contributed by atoms with Gasteiger partial charge in [-0.15, -0.1) is 0 Å². The fraction of sp³-hybridized carbons (Fsp3) is 0.786. The summed E-state index contributed by atoms with van der Waals surface area (Å²) in [6.07, 6.45) is 11.5. The van der Waals surface area contributed by atoms with Gasteiger partial charge < -0.3 is 9.67 Å². The zero-order valence-corrected chi connectivity index (χ0v) is 11.0. The molecule has 1 heterocycles. The molecule has 96 valence electrons. The van der Waals surface area contributed by atoms with Crippen molar-refractivity contribution in [1.29, 1.82) is 0 Å². The maximum absolute atomic E-state index is 10.8. The van der Waals surface area contributed by atoms with E-state index in [-0.39, 0.29) is 0 Å². The molecule has 1 fully saturated rings. The summed E-state index contributed by atoms with van der Waals surface area (Å²) in [5.74, 6) is 1.64. The first-order chi connectivity index (χ1) is 8.15. The first kappa shape index (κ1) is 12.6. The normalized spacial score (nSPS) is 30.2. The molecule has 1 saturated carbocycles. The fourth-order valence-corrected chi connectivity index (χ4v) is 3.13. The lowest BCUT2D eigenvalue weighted by Crippen LogP contribution is -2.28. The standard InChI is InChI=1S/C14H24N2O/c1-3-5-12-6-4-8-14(17,9-7-12)13-15-10-11-16(13)2/h10-12,17H,3-9H2,1-2H3. The van der Waals surface area contributed by atoms with Gasteiger partial charge in [0, 0.05) is 19.4 Å². The summed E-state index contributed by atoms with van der Waals surface area (Å²) in [4.78, 5) is 4.34. The highest BCUT2D eigenvalue weighted by Gasteiger charge is 2.35. The van der Waals surface area contributed by atoms with Crippen molar-refractivity contribution >= 4 is 0 Å². The van der Waals surface area contributed by atoms with Crippen molar-refractivity contribution in [2.45, 2.75) is 57.5 Å². The van der Waals surface area contributed by atoms with E-state index in [4.69, 9.17) is 0 Å². The zero-order chi connectivity index (χ0) is 12.3. The van der Waals surface area contributed by atoms with Crippen molar-refractivity contribution in [3.63, 3.8) is 0 Å². The average molecular weight is 236 g/mol. The van der Waals surface area contributed by atoms with E-state index in [1.165, 1.54) is 19.3 Å². The smallest absolute Gasteiger partial charge is 0.140 e. The molecule has 0 aromatic carbocycles. The molecule has 2 atom stereocenters. The Morgan fingerprint density at radius 1 is 1.47 bits per heavy atom. The number of nitrogens with zero attached hydrogens (tertiary/aromatic N) is 2. The van der Waals surface area contributed by atoms with Gasteiger partial charge in [0.2, 0.25) is 0 Å². The van der Waals surface area contributed by atoms with Gasteiger partial charge in [0.15, 0.2) is 0 Å². The van der Waals surface area contributed by atoms with E-state index in [9.17, 15) is 5.11 Å². The van der Waals surface area contributed by atoms with Gasteiger partial charge in [-0.05, 0) is 31.6 Å². The Morgan fingerprint density at radius 3 is 2.94 bits per heavy atom. The summed E-state index contributed by atoms with van der Waals surface area (Å²) in [5, 5.41) is 10.8. The topological polar surface area (TPSA) is 38.1 Å². The third-order valence-electron chi connectivity index (χ3n) is 4.10. The van der Waals surface area contributed by atoms with Crippen LogP contribution >= 0.6 is 0 Å². The van der Waals surface area contributed by atoms with Crippen molar-refractivity contribution in [3.8, 4) is 0 Å². The SMILES string of the molecule is CCCC1CCCC(O)(c2nccn2C)CC1. The monoisotopic (exact) mass is 236 g/mol. The van der Waals surface area contributed by atoms with E-state index in [1.54, 1.807) is 6.20 Å². The summed E-state index contributed by atoms with van der Waals surface area (Å²) >= 11 is 0. The Hall–Kier alpha value is -0.830. The van der Waals surface area contributed by atoms with Gasteiger partial charge in [0.25, 0.3) is 0 Å². The molecule has 17 heavy (non-hydrogen) atoms. The van der Waals surface area contributed by atoms with Crippen molar-refractivity contribution in [2.75, 3.05) is 0 Å². The van der Waals surface area contributed by atoms with Crippen molar-refractivity contribution in [2.24, 2.45) is 13.0 Å². The minimum absolute atomic E-state index is 0.694. The molecule has 0 saturated heterocycles. The number of aliphatic hydroxyl groups is 1. The molecule has 0 spiro atoms. The van der Waals surface area contributed by atoms with E-state index in [0.717, 1.165) is 37.4 Å². The van der Waals surface area contributed by atoms with E-state index < -0.39 is 5.60 Å². The van der Waals surface area contributed by atoms with Crippen LogP contribution in [0.25, 0.3) is 0 Å². The average Bonchev–Trinajstić information content (AvgIpc) is 2.64. The Balaban J connectivity index is 2.09. The Kier molecular flexibility index (Phi) is 3.87.